The van der Waals surface area contributed by atoms with E-state index in [-0.39, 0.29) is 17.2 Å². The van der Waals surface area contributed by atoms with E-state index in [4.69, 9.17) is 0 Å². The molecule has 1 N–H and O–H groups in total. The number of nitrogens with zero attached hydrogens (tertiary/aromatic N) is 1. The second kappa shape index (κ2) is 4.83. The highest BCUT2D eigenvalue weighted by Crippen LogP contribution is 2.58. The van der Waals surface area contributed by atoms with E-state index in [0.29, 0.717) is 12.5 Å². The third kappa shape index (κ3) is 2.04. The maximum absolute atomic E-state index is 12.8. The summed E-state index contributed by atoms with van der Waals surface area (Å²) in [4.78, 5) is 26.2. The van der Waals surface area contributed by atoms with Gasteiger partial charge in [0.25, 0.3) is 0 Å². The van der Waals surface area contributed by atoms with E-state index in [1.165, 1.54) is 17.5 Å². The molecule has 2 atom stereocenters. The first kappa shape index (κ1) is 13.8. The molecule has 0 radical (unpaired) electrons. The minimum absolute atomic E-state index is 0.127. The molecule has 1 saturated heterocycles. The number of nitrogens with one attached hydrogen (secondary N) is 1. The van der Waals surface area contributed by atoms with Gasteiger partial charge in [0, 0.05) is 25.7 Å². The minimum atomic E-state index is -0.215. The zero-order chi connectivity index (χ0) is 15.3. The topological polar surface area (TPSA) is 49.4 Å². The largest absolute Gasteiger partial charge is 0.343 e. The number of anilines is 1. The average Bonchev–Trinajstić information content (AvgIpc) is 3.06. The number of aryl methyl sites for hydroxylation is 1. The number of rotatable bonds is 2. The van der Waals surface area contributed by atoms with Crippen LogP contribution in [0, 0.1) is 11.3 Å². The molecule has 1 heterocycles. The lowest BCUT2D eigenvalue weighted by molar-refractivity contribution is -0.132. The summed E-state index contributed by atoms with van der Waals surface area (Å²) in [5.74, 6) is 0.643. The van der Waals surface area contributed by atoms with Gasteiger partial charge < -0.3 is 10.2 Å². The van der Waals surface area contributed by atoms with Crippen LogP contribution < -0.4 is 5.32 Å². The monoisotopic (exact) mass is 298 g/mol. The Hall–Kier alpha value is -1.84. The molecule has 4 heteroatoms. The SMILES string of the molecule is CC(=O)N1CC[C@]2(C(=O)Nc3cccc4c3CCC4)C[C@@H]2C1. The fraction of sp³-hybridized carbons (Fsp3) is 0.556. The maximum atomic E-state index is 12.8. The standard InChI is InChI=1S/C18H22N2O2/c1-12(21)20-9-8-18(10-14(18)11-20)17(22)19-16-7-3-5-13-4-2-6-15(13)16/h3,5,7,14H,2,4,6,8-11H2,1H3,(H,19,22)/t14-,18+/m1/s1. The number of hydrogen-bond donors (Lipinski definition) is 1. The molecule has 1 aromatic carbocycles. The van der Waals surface area contributed by atoms with Crippen LogP contribution in [0.2, 0.25) is 0 Å². The van der Waals surface area contributed by atoms with Gasteiger partial charge in [-0.15, -0.1) is 0 Å². The molecule has 0 bridgehead atoms. The van der Waals surface area contributed by atoms with Gasteiger partial charge in [-0.05, 0) is 55.2 Å². The van der Waals surface area contributed by atoms with Gasteiger partial charge in [-0.1, -0.05) is 12.1 Å². The highest BCUT2D eigenvalue weighted by atomic mass is 16.2. The lowest BCUT2D eigenvalue weighted by atomic mass is 9.93. The smallest absolute Gasteiger partial charge is 0.231 e. The van der Waals surface area contributed by atoms with Crippen molar-refractivity contribution >= 4 is 17.5 Å². The Labute approximate surface area is 130 Å². The Morgan fingerprint density at radius 3 is 2.95 bits per heavy atom. The Bertz CT molecular complexity index is 654. The van der Waals surface area contributed by atoms with Gasteiger partial charge in [-0.25, -0.2) is 0 Å². The summed E-state index contributed by atoms with van der Waals surface area (Å²) in [6.07, 6.45) is 5.11. The van der Waals surface area contributed by atoms with Crippen LogP contribution in [0.4, 0.5) is 5.69 Å². The van der Waals surface area contributed by atoms with Gasteiger partial charge in [0.1, 0.15) is 0 Å². The lowest BCUT2D eigenvalue weighted by Crippen LogP contribution is -2.41. The first-order valence-electron chi connectivity index (χ1n) is 8.28. The van der Waals surface area contributed by atoms with E-state index in [2.05, 4.69) is 11.4 Å². The van der Waals surface area contributed by atoms with Crippen LogP contribution in [-0.2, 0) is 22.4 Å². The summed E-state index contributed by atoms with van der Waals surface area (Å²) in [6.45, 7) is 3.07. The van der Waals surface area contributed by atoms with Crippen molar-refractivity contribution in [3.05, 3.63) is 29.3 Å². The van der Waals surface area contributed by atoms with E-state index in [1.807, 2.05) is 17.0 Å². The minimum Gasteiger partial charge on any atom is -0.343 e. The number of amides is 2. The van der Waals surface area contributed by atoms with Gasteiger partial charge in [0.05, 0.1) is 5.41 Å². The maximum Gasteiger partial charge on any atom is 0.231 e. The van der Waals surface area contributed by atoms with Crippen LogP contribution in [0.15, 0.2) is 18.2 Å². The van der Waals surface area contributed by atoms with Crippen molar-refractivity contribution in [2.75, 3.05) is 18.4 Å². The Morgan fingerprint density at radius 1 is 1.32 bits per heavy atom. The molecule has 0 aromatic heterocycles. The number of benzene rings is 1. The zero-order valence-corrected chi connectivity index (χ0v) is 13.0. The number of carbonyl (C=O) groups is 2. The number of fused-ring (bicyclic) bond motifs is 2. The summed E-state index contributed by atoms with van der Waals surface area (Å²) in [5.41, 5.74) is 3.50. The van der Waals surface area contributed by atoms with Gasteiger partial charge >= 0.3 is 0 Å². The molecule has 0 spiro atoms. The van der Waals surface area contributed by atoms with Crippen LogP contribution in [0.25, 0.3) is 0 Å². The fourth-order valence-electron chi connectivity index (χ4n) is 4.28. The molecule has 116 valence electrons. The molecular formula is C18H22N2O2. The second-order valence-electron chi connectivity index (χ2n) is 7.02. The quantitative estimate of drug-likeness (QED) is 0.911. The molecule has 0 unspecified atom stereocenters. The van der Waals surface area contributed by atoms with Crippen LogP contribution in [-0.4, -0.2) is 29.8 Å². The summed E-state index contributed by atoms with van der Waals surface area (Å²) in [7, 11) is 0. The molecule has 1 saturated carbocycles. The van der Waals surface area contributed by atoms with Crippen molar-refractivity contribution in [3.63, 3.8) is 0 Å². The van der Waals surface area contributed by atoms with Crippen molar-refractivity contribution in [1.29, 1.82) is 0 Å². The van der Waals surface area contributed by atoms with Gasteiger partial charge in [-0.2, -0.15) is 0 Å². The van der Waals surface area contributed by atoms with Gasteiger partial charge in [-0.3, -0.25) is 9.59 Å². The van der Waals surface area contributed by atoms with Crippen molar-refractivity contribution in [1.82, 2.24) is 4.90 Å². The Morgan fingerprint density at radius 2 is 2.18 bits per heavy atom. The Kier molecular flexibility index (Phi) is 3.03. The van der Waals surface area contributed by atoms with E-state index in [9.17, 15) is 9.59 Å². The van der Waals surface area contributed by atoms with E-state index in [1.54, 1.807) is 6.92 Å². The molecule has 22 heavy (non-hydrogen) atoms. The summed E-state index contributed by atoms with van der Waals surface area (Å²) >= 11 is 0. The molecular weight excluding hydrogens is 276 g/mol. The normalized spacial score (nSPS) is 28.8. The third-order valence-corrected chi connectivity index (χ3v) is 5.79. The summed E-state index contributed by atoms with van der Waals surface area (Å²) < 4.78 is 0. The molecule has 2 aliphatic carbocycles. The van der Waals surface area contributed by atoms with Crippen molar-refractivity contribution < 1.29 is 9.59 Å². The van der Waals surface area contributed by atoms with Crippen molar-refractivity contribution in [2.45, 2.75) is 39.0 Å². The number of likely N-dealkylation sites (tertiary alicyclic amines) is 1. The average molecular weight is 298 g/mol. The number of piperidine rings is 1. The van der Waals surface area contributed by atoms with Crippen LogP contribution in [0.5, 0.6) is 0 Å². The highest BCUT2D eigenvalue weighted by molar-refractivity contribution is 5.98. The van der Waals surface area contributed by atoms with E-state index in [0.717, 1.165) is 37.9 Å². The summed E-state index contributed by atoms with van der Waals surface area (Å²) in [6, 6.07) is 6.24. The molecule has 1 aliphatic heterocycles. The van der Waals surface area contributed by atoms with Crippen LogP contribution >= 0.6 is 0 Å². The molecule has 1 aromatic rings. The van der Waals surface area contributed by atoms with E-state index < -0.39 is 0 Å². The van der Waals surface area contributed by atoms with Crippen LogP contribution in [0.1, 0.15) is 37.3 Å². The van der Waals surface area contributed by atoms with Crippen LogP contribution in [0.3, 0.4) is 0 Å². The molecule has 2 fully saturated rings. The lowest BCUT2D eigenvalue weighted by Gasteiger charge is -2.30. The first-order valence-corrected chi connectivity index (χ1v) is 8.28. The summed E-state index contributed by atoms with van der Waals surface area (Å²) in [5, 5.41) is 3.20. The van der Waals surface area contributed by atoms with Crippen molar-refractivity contribution in [3.8, 4) is 0 Å². The zero-order valence-electron chi connectivity index (χ0n) is 13.0. The molecule has 2 amide bonds. The Balaban J connectivity index is 1.49. The fourth-order valence-corrected chi connectivity index (χ4v) is 4.28. The number of hydrogen-bond acceptors (Lipinski definition) is 2. The van der Waals surface area contributed by atoms with Crippen molar-refractivity contribution in [2.24, 2.45) is 11.3 Å². The highest BCUT2D eigenvalue weighted by Gasteiger charge is 2.62. The second-order valence-corrected chi connectivity index (χ2v) is 7.02. The molecule has 3 aliphatic rings. The predicted molar refractivity (Wildman–Crippen MR) is 84.5 cm³/mol. The van der Waals surface area contributed by atoms with Gasteiger partial charge in [0.15, 0.2) is 0 Å². The predicted octanol–water partition coefficient (Wildman–Crippen LogP) is 2.37. The first-order chi connectivity index (χ1) is 10.6. The third-order valence-electron chi connectivity index (χ3n) is 5.79. The molecule has 4 rings (SSSR count). The van der Waals surface area contributed by atoms with E-state index >= 15 is 0 Å². The molecule has 4 nitrogen and oxygen atoms in total. The van der Waals surface area contributed by atoms with Gasteiger partial charge in [0.2, 0.25) is 11.8 Å². The number of carbonyl (C=O) groups excluding carboxylic acids is 2.